The highest BCUT2D eigenvalue weighted by atomic mass is 16.5. The molecular formula is C16H24N2O3. The van der Waals surface area contributed by atoms with E-state index in [1.807, 2.05) is 13.8 Å². The number of rotatable bonds is 6. The molecule has 21 heavy (non-hydrogen) atoms. The van der Waals surface area contributed by atoms with Crippen LogP contribution in [0.3, 0.4) is 0 Å². The Bertz CT molecular complexity index is 515. The quantitative estimate of drug-likeness (QED) is 0.839. The van der Waals surface area contributed by atoms with Crippen LogP contribution in [0.15, 0.2) is 12.1 Å². The van der Waals surface area contributed by atoms with Gasteiger partial charge in [-0.05, 0) is 44.7 Å². The third-order valence-corrected chi connectivity index (χ3v) is 4.32. The maximum atomic E-state index is 12.5. The monoisotopic (exact) mass is 292 g/mol. The van der Waals surface area contributed by atoms with Crippen molar-refractivity contribution in [1.29, 1.82) is 0 Å². The van der Waals surface area contributed by atoms with Gasteiger partial charge in [0.2, 0.25) is 0 Å². The molecule has 0 spiro atoms. The predicted molar refractivity (Wildman–Crippen MR) is 81.9 cm³/mol. The van der Waals surface area contributed by atoms with E-state index in [4.69, 9.17) is 15.2 Å². The van der Waals surface area contributed by atoms with Gasteiger partial charge in [0.1, 0.15) is 11.5 Å². The van der Waals surface area contributed by atoms with Crippen molar-refractivity contribution >= 4 is 5.91 Å². The lowest BCUT2D eigenvalue weighted by Crippen LogP contribution is -2.53. The number of ether oxygens (including phenoxy) is 2. The number of hydrogen-bond acceptors (Lipinski definition) is 4. The first-order valence-corrected chi connectivity index (χ1v) is 7.20. The summed E-state index contributed by atoms with van der Waals surface area (Å²) in [6.45, 7) is 4.34. The van der Waals surface area contributed by atoms with Gasteiger partial charge in [-0.2, -0.15) is 0 Å². The van der Waals surface area contributed by atoms with Gasteiger partial charge in [0.25, 0.3) is 5.91 Å². The zero-order valence-electron chi connectivity index (χ0n) is 13.2. The van der Waals surface area contributed by atoms with E-state index in [1.165, 1.54) is 0 Å². The number of carbonyl (C=O) groups is 1. The van der Waals surface area contributed by atoms with Crippen molar-refractivity contribution in [3.8, 4) is 11.5 Å². The van der Waals surface area contributed by atoms with Gasteiger partial charge in [0.05, 0.1) is 19.8 Å². The average Bonchev–Trinajstić information content (AvgIpc) is 3.32. The second-order valence-corrected chi connectivity index (χ2v) is 5.86. The van der Waals surface area contributed by atoms with Gasteiger partial charge in [0, 0.05) is 17.7 Å². The Morgan fingerprint density at radius 3 is 2.24 bits per heavy atom. The highest BCUT2D eigenvalue weighted by Gasteiger charge is 2.41. The fourth-order valence-corrected chi connectivity index (χ4v) is 2.59. The molecule has 5 nitrogen and oxygen atoms in total. The molecule has 3 N–H and O–H groups in total. The van der Waals surface area contributed by atoms with Crippen LogP contribution < -0.4 is 20.5 Å². The molecule has 1 atom stereocenters. The Labute approximate surface area is 125 Å². The van der Waals surface area contributed by atoms with Crippen LogP contribution in [-0.4, -0.2) is 32.2 Å². The number of benzene rings is 1. The van der Waals surface area contributed by atoms with E-state index in [2.05, 4.69) is 5.32 Å². The van der Waals surface area contributed by atoms with Gasteiger partial charge in [0.15, 0.2) is 0 Å². The minimum Gasteiger partial charge on any atom is -0.496 e. The van der Waals surface area contributed by atoms with Crippen molar-refractivity contribution in [1.82, 2.24) is 5.32 Å². The molecule has 1 aliphatic rings. The van der Waals surface area contributed by atoms with Gasteiger partial charge < -0.3 is 20.5 Å². The lowest BCUT2D eigenvalue weighted by molar-refractivity contribution is 0.0897. The Morgan fingerprint density at radius 1 is 1.33 bits per heavy atom. The first kappa shape index (κ1) is 15.6. The Balaban J connectivity index is 2.26. The summed E-state index contributed by atoms with van der Waals surface area (Å²) in [5.74, 6) is 1.60. The molecule has 116 valence electrons. The van der Waals surface area contributed by atoms with Crippen LogP contribution in [0.4, 0.5) is 0 Å². The van der Waals surface area contributed by atoms with Crippen molar-refractivity contribution in [3.63, 3.8) is 0 Å². The molecule has 1 aromatic carbocycles. The van der Waals surface area contributed by atoms with E-state index in [0.717, 1.165) is 18.4 Å². The lowest BCUT2D eigenvalue weighted by atomic mass is 9.95. The van der Waals surface area contributed by atoms with Crippen LogP contribution in [0.5, 0.6) is 11.5 Å². The van der Waals surface area contributed by atoms with Crippen molar-refractivity contribution < 1.29 is 14.3 Å². The van der Waals surface area contributed by atoms with Crippen molar-refractivity contribution in [2.75, 3.05) is 20.8 Å². The number of methoxy groups -OCH3 is 2. The fraction of sp³-hybridized carbons (Fsp3) is 0.562. The molecular weight excluding hydrogens is 268 g/mol. The molecule has 0 heterocycles. The molecule has 1 unspecified atom stereocenters. The highest BCUT2D eigenvalue weighted by Crippen LogP contribution is 2.39. The zero-order chi connectivity index (χ0) is 15.6. The molecule has 1 fully saturated rings. The normalized spacial score (nSPS) is 17.0. The van der Waals surface area contributed by atoms with Crippen LogP contribution in [0.1, 0.15) is 35.7 Å². The largest absolute Gasteiger partial charge is 0.496 e. The number of hydrogen-bond donors (Lipinski definition) is 2. The summed E-state index contributed by atoms with van der Waals surface area (Å²) in [6.07, 6.45) is 2.24. The van der Waals surface area contributed by atoms with Crippen LogP contribution in [0.25, 0.3) is 0 Å². The van der Waals surface area contributed by atoms with Crippen molar-refractivity contribution in [2.24, 2.45) is 11.7 Å². The van der Waals surface area contributed by atoms with E-state index in [0.29, 0.717) is 29.5 Å². The summed E-state index contributed by atoms with van der Waals surface area (Å²) in [5.41, 5.74) is 6.90. The number of amides is 1. The molecule has 2 rings (SSSR count). The average molecular weight is 292 g/mol. The molecule has 0 aliphatic heterocycles. The molecule has 0 bridgehead atoms. The summed E-state index contributed by atoms with van der Waals surface area (Å²) >= 11 is 0. The summed E-state index contributed by atoms with van der Waals surface area (Å²) < 4.78 is 10.6. The Morgan fingerprint density at radius 2 is 1.86 bits per heavy atom. The maximum Gasteiger partial charge on any atom is 0.252 e. The van der Waals surface area contributed by atoms with E-state index in [9.17, 15) is 4.79 Å². The first-order valence-electron chi connectivity index (χ1n) is 7.20. The second-order valence-electron chi connectivity index (χ2n) is 5.86. The van der Waals surface area contributed by atoms with Crippen LogP contribution in [0, 0.1) is 12.8 Å². The Kier molecular flexibility index (Phi) is 4.42. The minimum atomic E-state index is -0.345. The number of nitrogens with two attached hydrogens (primary N) is 1. The van der Waals surface area contributed by atoms with Crippen LogP contribution in [-0.2, 0) is 0 Å². The van der Waals surface area contributed by atoms with E-state index in [-0.39, 0.29) is 11.4 Å². The van der Waals surface area contributed by atoms with E-state index in [1.54, 1.807) is 26.4 Å². The van der Waals surface area contributed by atoms with Gasteiger partial charge in [-0.3, -0.25) is 4.79 Å². The first-order chi connectivity index (χ1) is 9.95. The lowest BCUT2D eigenvalue weighted by Gasteiger charge is -2.29. The minimum absolute atomic E-state index is 0.147. The molecule has 1 aromatic rings. The summed E-state index contributed by atoms with van der Waals surface area (Å²) in [4.78, 5) is 12.5. The molecule has 1 aliphatic carbocycles. The van der Waals surface area contributed by atoms with E-state index >= 15 is 0 Å². The number of nitrogens with one attached hydrogen (secondary N) is 1. The van der Waals surface area contributed by atoms with Gasteiger partial charge >= 0.3 is 0 Å². The van der Waals surface area contributed by atoms with Gasteiger partial charge in [-0.25, -0.2) is 0 Å². The summed E-state index contributed by atoms with van der Waals surface area (Å²) in [6, 6.07) is 3.47. The molecule has 0 radical (unpaired) electrons. The second kappa shape index (κ2) is 5.93. The molecule has 1 saturated carbocycles. The van der Waals surface area contributed by atoms with Crippen LogP contribution in [0.2, 0.25) is 0 Å². The highest BCUT2D eigenvalue weighted by molar-refractivity contribution is 5.96. The van der Waals surface area contributed by atoms with Crippen LogP contribution >= 0.6 is 0 Å². The standard InChI is InChI=1S/C16H24N2O3/c1-10-13(20-3)7-11(8-14(10)21-4)15(19)18-16(2,9-17)12-5-6-12/h7-8,12H,5-6,9,17H2,1-4H3,(H,18,19). The predicted octanol–water partition coefficient (Wildman–Crippen LogP) is 1.87. The summed E-state index contributed by atoms with van der Waals surface area (Å²) in [7, 11) is 3.16. The van der Waals surface area contributed by atoms with Gasteiger partial charge in [-0.1, -0.05) is 0 Å². The Hall–Kier alpha value is -1.75. The molecule has 0 aromatic heterocycles. The smallest absolute Gasteiger partial charge is 0.252 e. The summed E-state index contributed by atoms with van der Waals surface area (Å²) in [5, 5.41) is 3.07. The van der Waals surface area contributed by atoms with Crippen molar-refractivity contribution in [3.05, 3.63) is 23.3 Å². The SMILES string of the molecule is COc1cc(C(=O)NC(C)(CN)C2CC2)cc(OC)c1C. The fourth-order valence-electron chi connectivity index (χ4n) is 2.59. The maximum absolute atomic E-state index is 12.5. The number of carbonyl (C=O) groups excluding carboxylic acids is 1. The zero-order valence-corrected chi connectivity index (χ0v) is 13.2. The molecule has 1 amide bonds. The topological polar surface area (TPSA) is 73.6 Å². The third kappa shape index (κ3) is 3.13. The third-order valence-electron chi connectivity index (χ3n) is 4.32. The van der Waals surface area contributed by atoms with E-state index < -0.39 is 0 Å². The van der Waals surface area contributed by atoms with Gasteiger partial charge in [-0.15, -0.1) is 0 Å². The molecule has 0 saturated heterocycles. The molecule has 5 heteroatoms. The van der Waals surface area contributed by atoms with Crippen molar-refractivity contribution in [2.45, 2.75) is 32.2 Å².